The van der Waals surface area contributed by atoms with Gasteiger partial charge in [-0.05, 0) is 13.0 Å². The van der Waals surface area contributed by atoms with E-state index in [9.17, 15) is 14.9 Å². The van der Waals surface area contributed by atoms with Crippen molar-refractivity contribution in [2.24, 2.45) is 7.05 Å². The van der Waals surface area contributed by atoms with Gasteiger partial charge in [-0.3, -0.25) is 19.6 Å². The average Bonchev–Trinajstić information content (AvgIpc) is 2.64. The predicted octanol–water partition coefficient (Wildman–Crippen LogP) is 2.60. The third-order valence-corrected chi connectivity index (χ3v) is 3.84. The summed E-state index contributed by atoms with van der Waals surface area (Å²) in [7, 11) is 1.71. The van der Waals surface area contributed by atoms with Gasteiger partial charge < -0.3 is 0 Å². The van der Waals surface area contributed by atoms with Crippen LogP contribution in [-0.4, -0.2) is 21.0 Å². The van der Waals surface area contributed by atoms with Crippen molar-refractivity contribution in [1.82, 2.24) is 9.78 Å². The lowest BCUT2D eigenvalue weighted by Crippen LogP contribution is -1.95. The summed E-state index contributed by atoms with van der Waals surface area (Å²) in [6, 6.07) is 6.42. The third kappa shape index (κ3) is 2.50. The van der Waals surface area contributed by atoms with E-state index in [1.807, 2.05) is 0 Å². The first-order valence-corrected chi connectivity index (χ1v) is 6.26. The van der Waals surface area contributed by atoms with Gasteiger partial charge in [-0.2, -0.15) is 5.10 Å². The van der Waals surface area contributed by atoms with Crippen LogP contribution in [0.4, 0.5) is 5.69 Å². The number of nitro groups is 1. The summed E-state index contributed by atoms with van der Waals surface area (Å²) >= 11 is 1.17. The number of nitrogens with zero attached hydrogens (tertiary/aromatic N) is 3. The molecule has 0 spiro atoms. The molecule has 6 nitrogen and oxygen atoms in total. The molecule has 0 radical (unpaired) electrons. The molecule has 0 atom stereocenters. The summed E-state index contributed by atoms with van der Waals surface area (Å²) in [5.41, 5.74) is 1.09. The molecule has 0 aliphatic rings. The van der Waals surface area contributed by atoms with Crippen LogP contribution in [0.1, 0.15) is 16.1 Å². The molecule has 0 bridgehead atoms. The van der Waals surface area contributed by atoms with Crippen molar-refractivity contribution in [3.63, 3.8) is 0 Å². The van der Waals surface area contributed by atoms with Gasteiger partial charge in [0.2, 0.25) is 0 Å². The maximum absolute atomic E-state index is 11.1. The molecule has 98 valence electrons. The number of benzene rings is 1. The summed E-state index contributed by atoms with van der Waals surface area (Å²) in [4.78, 5) is 22.1. The lowest BCUT2D eigenvalue weighted by Gasteiger charge is -2.03. The molecule has 0 aliphatic heterocycles. The Bertz CT molecular complexity index is 652. The van der Waals surface area contributed by atoms with E-state index in [0.717, 1.165) is 6.29 Å². The Labute approximate surface area is 113 Å². The Hall–Kier alpha value is -2.15. The number of hydrogen-bond donors (Lipinski definition) is 0. The topological polar surface area (TPSA) is 78.0 Å². The number of aromatic nitrogens is 2. The zero-order valence-electron chi connectivity index (χ0n) is 10.4. The molecule has 2 rings (SSSR count). The van der Waals surface area contributed by atoms with Gasteiger partial charge in [0.1, 0.15) is 5.03 Å². The zero-order chi connectivity index (χ0) is 14.0. The summed E-state index contributed by atoms with van der Waals surface area (Å²) in [5.74, 6) is 0. The Morgan fingerprint density at radius 2 is 2.11 bits per heavy atom. The van der Waals surface area contributed by atoms with E-state index in [1.54, 1.807) is 36.9 Å². The first-order valence-electron chi connectivity index (χ1n) is 5.44. The fraction of sp³-hybridized carbons (Fsp3) is 0.167. The number of aldehydes is 1. The quantitative estimate of drug-likeness (QED) is 0.487. The van der Waals surface area contributed by atoms with Crippen LogP contribution in [0.5, 0.6) is 0 Å². The molecular formula is C12H11N3O3S. The number of rotatable bonds is 4. The lowest BCUT2D eigenvalue weighted by molar-refractivity contribution is -0.387. The molecule has 0 N–H and O–H groups in total. The lowest BCUT2D eigenvalue weighted by atomic mass is 10.3. The zero-order valence-corrected chi connectivity index (χ0v) is 11.2. The van der Waals surface area contributed by atoms with Crippen LogP contribution < -0.4 is 0 Å². The van der Waals surface area contributed by atoms with Crippen LogP contribution in [0.3, 0.4) is 0 Å². The van der Waals surface area contributed by atoms with Gasteiger partial charge in [0.25, 0.3) is 5.69 Å². The number of aryl methyl sites for hydroxylation is 2. The molecule has 1 heterocycles. The van der Waals surface area contributed by atoms with Crippen LogP contribution in [0.15, 0.2) is 34.2 Å². The number of hydrogen-bond acceptors (Lipinski definition) is 5. The number of nitro benzene ring substituents is 1. The van der Waals surface area contributed by atoms with Gasteiger partial charge in [0.15, 0.2) is 6.29 Å². The highest BCUT2D eigenvalue weighted by Crippen LogP contribution is 2.36. The summed E-state index contributed by atoms with van der Waals surface area (Å²) in [6.45, 7) is 1.73. The number of para-hydroxylation sites is 1. The SMILES string of the molecule is Cc1nn(C)c(Sc2ccccc2[N+](=O)[O-])c1C=O. The largest absolute Gasteiger partial charge is 0.298 e. The molecule has 1 aromatic heterocycles. The minimum Gasteiger partial charge on any atom is -0.298 e. The minimum absolute atomic E-state index is 0.0169. The minimum atomic E-state index is -0.438. The normalized spacial score (nSPS) is 10.4. The van der Waals surface area contributed by atoms with Crippen LogP contribution in [-0.2, 0) is 7.05 Å². The van der Waals surface area contributed by atoms with E-state index in [-0.39, 0.29) is 5.69 Å². The van der Waals surface area contributed by atoms with Crippen molar-refractivity contribution in [2.75, 3.05) is 0 Å². The second kappa shape index (κ2) is 5.23. The Kier molecular flexibility index (Phi) is 3.66. The van der Waals surface area contributed by atoms with E-state index in [0.29, 0.717) is 21.2 Å². The van der Waals surface area contributed by atoms with Gasteiger partial charge in [0.05, 0.1) is 21.1 Å². The van der Waals surface area contributed by atoms with E-state index >= 15 is 0 Å². The summed E-state index contributed by atoms with van der Waals surface area (Å²) < 4.78 is 1.56. The predicted molar refractivity (Wildman–Crippen MR) is 70.6 cm³/mol. The first kappa shape index (κ1) is 13.3. The Morgan fingerprint density at radius 3 is 2.74 bits per heavy atom. The fourth-order valence-electron chi connectivity index (χ4n) is 1.71. The maximum atomic E-state index is 11.1. The molecule has 0 saturated carbocycles. The molecule has 0 amide bonds. The fourth-order valence-corrected chi connectivity index (χ4v) is 2.79. The van der Waals surface area contributed by atoms with Crippen molar-refractivity contribution in [2.45, 2.75) is 16.8 Å². The van der Waals surface area contributed by atoms with Crippen molar-refractivity contribution < 1.29 is 9.72 Å². The smallest absolute Gasteiger partial charge is 0.283 e. The highest BCUT2D eigenvalue weighted by molar-refractivity contribution is 7.99. The maximum Gasteiger partial charge on any atom is 0.283 e. The van der Waals surface area contributed by atoms with Crippen LogP contribution >= 0.6 is 11.8 Å². The molecule has 1 aromatic carbocycles. The van der Waals surface area contributed by atoms with Gasteiger partial charge in [-0.1, -0.05) is 23.9 Å². The molecule has 7 heteroatoms. The highest BCUT2D eigenvalue weighted by atomic mass is 32.2. The molecule has 0 aliphatic carbocycles. The van der Waals surface area contributed by atoms with Crippen molar-refractivity contribution in [3.8, 4) is 0 Å². The molecule has 0 saturated heterocycles. The van der Waals surface area contributed by atoms with Gasteiger partial charge in [0, 0.05) is 13.1 Å². The number of carbonyl (C=O) groups excluding carboxylic acids is 1. The van der Waals surface area contributed by atoms with E-state index in [1.165, 1.54) is 17.8 Å². The van der Waals surface area contributed by atoms with Crippen molar-refractivity contribution in [1.29, 1.82) is 0 Å². The highest BCUT2D eigenvalue weighted by Gasteiger charge is 2.19. The van der Waals surface area contributed by atoms with Crippen LogP contribution in [0.2, 0.25) is 0 Å². The van der Waals surface area contributed by atoms with Gasteiger partial charge in [-0.25, -0.2) is 0 Å². The summed E-state index contributed by atoms with van der Waals surface area (Å²) in [6.07, 6.45) is 0.722. The average molecular weight is 277 g/mol. The summed E-state index contributed by atoms with van der Waals surface area (Å²) in [5, 5.41) is 15.7. The standard InChI is InChI=1S/C12H11N3O3S/c1-8-9(7-16)12(14(2)13-8)19-11-6-4-3-5-10(11)15(17)18/h3-7H,1-2H3. The van der Waals surface area contributed by atoms with Crippen molar-refractivity contribution in [3.05, 3.63) is 45.6 Å². The second-order valence-corrected chi connectivity index (χ2v) is 4.90. The second-order valence-electron chi connectivity index (χ2n) is 3.87. The number of carbonyl (C=O) groups is 1. The molecule has 19 heavy (non-hydrogen) atoms. The molecular weight excluding hydrogens is 266 g/mol. The van der Waals surface area contributed by atoms with E-state index < -0.39 is 4.92 Å². The van der Waals surface area contributed by atoms with Crippen LogP contribution in [0.25, 0.3) is 0 Å². The monoisotopic (exact) mass is 277 g/mol. The first-order chi connectivity index (χ1) is 9.04. The Morgan fingerprint density at radius 1 is 1.42 bits per heavy atom. The third-order valence-electron chi connectivity index (χ3n) is 2.60. The van der Waals surface area contributed by atoms with Gasteiger partial charge in [-0.15, -0.1) is 0 Å². The van der Waals surface area contributed by atoms with Crippen LogP contribution in [0, 0.1) is 17.0 Å². The molecule has 0 fully saturated rings. The van der Waals surface area contributed by atoms with E-state index in [2.05, 4.69) is 5.10 Å². The molecule has 2 aromatic rings. The van der Waals surface area contributed by atoms with Gasteiger partial charge >= 0.3 is 0 Å². The molecule has 0 unspecified atom stereocenters. The Balaban J connectivity index is 2.47. The van der Waals surface area contributed by atoms with E-state index in [4.69, 9.17) is 0 Å². The van der Waals surface area contributed by atoms with Crippen molar-refractivity contribution >= 4 is 23.7 Å².